The molecule has 0 fully saturated rings. The van der Waals surface area contributed by atoms with Crippen LogP contribution in [0, 0.1) is 0 Å². The van der Waals surface area contributed by atoms with E-state index in [1.165, 1.54) is 5.96 Å². The summed E-state index contributed by atoms with van der Waals surface area (Å²) in [4.78, 5) is 4.44. The van der Waals surface area contributed by atoms with Crippen molar-refractivity contribution < 1.29 is 9.06 Å². The number of guanidine groups is 1. The third-order valence-electron chi connectivity index (χ3n) is 2.25. The molecular weight excluding hydrogens is 188 g/mol. The molecule has 0 saturated heterocycles. The Morgan fingerprint density at radius 3 is 1.80 bits per heavy atom. The fourth-order valence-corrected chi connectivity index (χ4v) is 1.63. The molecule has 0 aromatic rings. The lowest BCUT2D eigenvalue weighted by molar-refractivity contribution is -0.869. The quantitative estimate of drug-likeness (QED) is 0.280. The predicted molar refractivity (Wildman–Crippen MR) is 66.3 cm³/mol. The normalized spacial score (nSPS) is 11.2. The Hall–Kier alpha value is -0.770. The van der Waals surface area contributed by atoms with Gasteiger partial charge in [-0.3, -0.25) is 14.4 Å². The highest BCUT2D eigenvalue weighted by molar-refractivity contribution is 5.74. The van der Waals surface area contributed by atoms with Crippen LogP contribution in [0.3, 0.4) is 0 Å². The fraction of sp³-hybridized carbons (Fsp3) is 0.909. The molecule has 15 heavy (non-hydrogen) atoms. The average molecular weight is 216 g/mol. The maximum Gasteiger partial charge on any atom is 0.349 e. The minimum atomic E-state index is 0.998. The lowest BCUT2D eigenvalue weighted by Gasteiger charge is -2.27. The van der Waals surface area contributed by atoms with Gasteiger partial charge in [-0.2, -0.15) is 0 Å². The number of rotatable bonds is 3. The second-order valence-electron chi connectivity index (χ2n) is 5.52. The van der Waals surface area contributed by atoms with Crippen molar-refractivity contribution >= 4 is 5.96 Å². The molecule has 0 rings (SSSR count). The van der Waals surface area contributed by atoms with Gasteiger partial charge in [0.25, 0.3) is 0 Å². The van der Waals surface area contributed by atoms with Crippen LogP contribution >= 0.6 is 0 Å². The molecule has 0 aliphatic carbocycles. The Labute approximate surface area is 95.0 Å². The summed E-state index contributed by atoms with van der Waals surface area (Å²) in [5.41, 5.74) is 0. The molecule has 0 radical (unpaired) electrons. The van der Waals surface area contributed by atoms with Crippen LogP contribution in [0.25, 0.3) is 0 Å². The molecule has 0 aromatic heterocycles. The monoisotopic (exact) mass is 216 g/mol. The SMILES string of the molecule is CN(C)C(N(C)CC[N+](C)(C)C)=[N+](C)C. The number of nitrogens with zero attached hydrogens (tertiary/aromatic N) is 4. The van der Waals surface area contributed by atoms with Crippen molar-refractivity contribution in [2.24, 2.45) is 0 Å². The van der Waals surface area contributed by atoms with E-state index >= 15 is 0 Å². The molecule has 0 unspecified atom stereocenters. The van der Waals surface area contributed by atoms with Crippen LogP contribution in [0.2, 0.25) is 0 Å². The van der Waals surface area contributed by atoms with Gasteiger partial charge < -0.3 is 4.48 Å². The van der Waals surface area contributed by atoms with E-state index in [0.717, 1.165) is 17.6 Å². The zero-order valence-corrected chi connectivity index (χ0v) is 11.7. The van der Waals surface area contributed by atoms with Crippen LogP contribution in [0.15, 0.2) is 0 Å². The van der Waals surface area contributed by atoms with Crippen molar-refractivity contribution in [2.75, 3.05) is 69.5 Å². The van der Waals surface area contributed by atoms with Crippen LogP contribution in [0.1, 0.15) is 0 Å². The number of hydrogen-bond acceptors (Lipinski definition) is 0. The maximum absolute atomic E-state index is 2.30. The Morgan fingerprint density at radius 1 is 1.07 bits per heavy atom. The van der Waals surface area contributed by atoms with Gasteiger partial charge in [0.2, 0.25) is 0 Å². The lowest BCUT2D eigenvalue weighted by Crippen LogP contribution is -2.48. The lowest BCUT2D eigenvalue weighted by atomic mass is 10.4. The summed E-state index contributed by atoms with van der Waals surface area (Å²) in [6.45, 7) is 2.21. The topological polar surface area (TPSA) is 9.49 Å². The van der Waals surface area contributed by atoms with Crippen molar-refractivity contribution in [2.45, 2.75) is 0 Å². The van der Waals surface area contributed by atoms with Crippen LogP contribution < -0.4 is 0 Å². The third kappa shape index (κ3) is 5.62. The third-order valence-corrected chi connectivity index (χ3v) is 2.25. The molecule has 0 heterocycles. The summed E-state index contributed by atoms with van der Waals surface area (Å²) in [7, 11) is 17.1. The predicted octanol–water partition coefficient (Wildman–Crippen LogP) is -0.186. The van der Waals surface area contributed by atoms with Crippen LogP contribution in [0.5, 0.6) is 0 Å². The highest BCUT2D eigenvalue weighted by atomic mass is 15.4. The molecule has 0 spiro atoms. The Morgan fingerprint density at radius 2 is 1.53 bits per heavy atom. The highest BCUT2D eigenvalue weighted by Crippen LogP contribution is 1.95. The van der Waals surface area contributed by atoms with E-state index in [-0.39, 0.29) is 0 Å². The number of hydrogen-bond donors (Lipinski definition) is 0. The van der Waals surface area contributed by atoms with Crippen LogP contribution in [-0.2, 0) is 0 Å². The first-order chi connectivity index (χ1) is 6.65. The number of likely N-dealkylation sites (N-methyl/N-ethyl adjacent to an activating group) is 2. The Bertz CT molecular complexity index is 221. The van der Waals surface area contributed by atoms with E-state index in [1.54, 1.807) is 0 Å². The first-order valence-corrected chi connectivity index (χ1v) is 5.38. The molecule has 0 aliphatic rings. The Kier molecular flexibility index (Phi) is 5.08. The molecule has 0 aromatic carbocycles. The highest BCUT2D eigenvalue weighted by Gasteiger charge is 2.20. The first kappa shape index (κ1) is 14.2. The second kappa shape index (κ2) is 5.35. The summed E-state index contributed by atoms with van der Waals surface area (Å²) in [5, 5.41) is 0. The summed E-state index contributed by atoms with van der Waals surface area (Å²) in [6.07, 6.45) is 0. The minimum Gasteiger partial charge on any atom is -0.328 e. The van der Waals surface area contributed by atoms with E-state index in [0.29, 0.717) is 0 Å². The van der Waals surface area contributed by atoms with Gasteiger partial charge in [0, 0.05) is 0 Å². The van der Waals surface area contributed by atoms with Crippen molar-refractivity contribution in [3.8, 4) is 0 Å². The van der Waals surface area contributed by atoms with E-state index in [4.69, 9.17) is 0 Å². The van der Waals surface area contributed by atoms with Gasteiger partial charge in [-0.25, -0.2) is 0 Å². The molecule has 0 N–H and O–H groups in total. The molecule has 90 valence electrons. The van der Waals surface area contributed by atoms with E-state index in [2.05, 4.69) is 70.8 Å². The van der Waals surface area contributed by atoms with Gasteiger partial charge in [0.15, 0.2) is 0 Å². The van der Waals surface area contributed by atoms with Gasteiger partial charge in [-0.05, 0) is 0 Å². The molecule has 4 heteroatoms. The summed E-state index contributed by atoms with van der Waals surface area (Å²) in [5.74, 6) is 1.24. The Balaban J connectivity index is 4.43. The van der Waals surface area contributed by atoms with Gasteiger partial charge in [-0.15, -0.1) is 0 Å². The standard InChI is InChI=1S/C11H28N4/c1-12(2)11(13(3)4)14(5)9-10-15(6,7)8/h9-10H2,1-8H3/q+2. The molecule has 0 saturated carbocycles. The summed E-state index contributed by atoms with van der Waals surface area (Å²) >= 11 is 0. The molecule has 4 nitrogen and oxygen atoms in total. The van der Waals surface area contributed by atoms with Crippen molar-refractivity contribution in [3.63, 3.8) is 0 Å². The largest absolute Gasteiger partial charge is 0.349 e. The molecular formula is C11H28N4+2. The van der Waals surface area contributed by atoms with Gasteiger partial charge in [-0.1, -0.05) is 0 Å². The molecule has 0 aliphatic heterocycles. The van der Waals surface area contributed by atoms with E-state index < -0.39 is 0 Å². The summed E-state index contributed by atoms with van der Waals surface area (Å²) < 4.78 is 3.15. The van der Waals surface area contributed by atoms with Crippen molar-refractivity contribution in [3.05, 3.63) is 0 Å². The molecule has 0 amide bonds. The van der Waals surface area contributed by atoms with E-state index in [1.807, 2.05) is 0 Å². The van der Waals surface area contributed by atoms with Gasteiger partial charge >= 0.3 is 5.96 Å². The van der Waals surface area contributed by atoms with Gasteiger partial charge in [0.1, 0.15) is 13.1 Å². The average Bonchev–Trinajstić information content (AvgIpc) is 1.97. The zero-order chi connectivity index (χ0) is 12.2. The minimum absolute atomic E-state index is 0.998. The van der Waals surface area contributed by atoms with Crippen molar-refractivity contribution in [1.82, 2.24) is 9.80 Å². The maximum atomic E-state index is 2.30. The van der Waals surface area contributed by atoms with Crippen LogP contribution in [0.4, 0.5) is 0 Å². The van der Waals surface area contributed by atoms with Gasteiger partial charge in [0.05, 0.1) is 56.4 Å². The van der Waals surface area contributed by atoms with Crippen LogP contribution in [-0.4, -0.2) is 94.3 Å². The number of quaternary nitrogens is 1. The first-order valence-electron chi connectivity index (χ1n) is 5.38. The fourth-order valence-electron chi connectivity index (χ4n) is 1.63. The zero-order valence-electron chi connectivity index (χ0n) is 11.7. The summed E-state index contributed by atoms with van der Waals surface area (Å²) in [6, 6.07) is 0. The smallest absolute Gasteiger partial charge is 0.328 e. The van der Waals surface area contributed by atoms with E-state index in [9.17, 15) is 0 Å². The molecule has 0 atom stereocenters. The van der Waals surface area contributed by atoms with Crippen molar-refractivity contribution in [1.29, 1.82) is 0 Å². The molecule has 0 bridgehead atoms. The second-order valence-corrected chi connectivity index (χ2v) is 5.52.